The minimum absolute atomic E-state index is 0.228. The van der Waals surface area contributed by atoms with E-state index in [1.54, 1.807) is 0 Å². The monoisotopic (exact) mass is 254 g/mol. The molecule has 0 aromatic carbocycles. The third-order valence-corrected chi connectivity index (χ3v) is 3.97. The van der Waals surface area contributed by atoms with E-state index in [1.807, 2.05) is 0 Å². The van der Waals surface area contributed by atoms with Gasteiger partial charge in [0, 0.05) is 6.04 Å². The van der Waals surface area contributed by atoms with Gasteiger partial charge in [0.05, 0.1) is 5.54 Å². The van der Waals surface area contributed by atoms with Gasteiger partial charge in [-0.25, -0.2) is 0 Å². The number of carbonyl (C=O) groups excluding carboxylic acids is 1. The van der Waals surface area contributed by atoms with Crippen LogP contribution in [0, 0.1) is 0 Å². The number of unbranched alkanes of at least 4 members (excludes halogenated alkanes) is 2. The fourth-order valence-corrected chi connectivity index (χ4v) is 2.89. The maximum atomic E-state index is 12.4. The predicted molar refractivity (Wildman–Crippen MR) is 76.6 cm³/mol. The third kappa shape index (κ3) is 4.27. The number of rotatable bonds is 8. The lowest BCUT2D eigenvalue weighted by molar-refractivity contribution is -0.128. The van der Waals surface area contributed by atoms with Crippen LogP contribution in [0.5, 0.6) is 0 Å². The van der Waals surface area contributed by atoms with Crippen molar-refractivity contribution in [3.8, 4) is 0 Å². The molecule has 18 heavy (non-hydrogen) atoms. The first-order valence-corrected chi connectivity index (χ1v) is 7.70. The van der Waals surface area contributed by atoms with Crippen LogP contribution >= 0.6 is 0 Å². The van der Waals surface area contributed by atoms with Crippen molar-refractivity contribution in [2.45, 2.75) is 83.7 Å². The molecule has 2 atom stereocenters. The number of hydrogen-bond donors (Lipinski definition) is 2. The van der Waals surface area contributed by atoms with Gasteiger partial charge in [-0.3, -0.25) is 4.79 Å². The molecule has 2 N–H and O–H groups in total. The van der Waals surface area contributed by atoms with Gasteiger partial charge in [-0.15, -0.1) is 0 Å². The van der Waals surface area contributed by atoms with Gasteiger partial charge < -0.3 is 10.6 Å². The van der Waals surface area contributed by atoms with Crippen LogP contribution in [0.2, 0.25) is 0 Å². The Hall–Kier alpha value is -0.570. The standard InChI is InChI=1S/C15H30N2O/c1-4-6-7-9-13(3)17-14(18)15(10-5-2)11-8-12-16-15/h13,16H,4-12H2,1-3H3,(H,17,18). The fraction of sp³-hybridized carbons (Fsp3) is 0.933. The zero-order valence-corrected chi connectivity index (χ0v) is 12.3. The summed E-state index contributed by atoms with van der Waals surface area (Å²) in [5, 5.41) is 6.64. The van der Waals surface area contributed by atoms with Crippen molar-refractivity contribution in [3.63, 3.8) is 0 Å². The topological polar surface area (TPSA) is 41.1 Å². The van der Waals surface area contributed by atoms with Crippen molar-refractivity contribution in [3.05, 3.63) is 0 Å². The molecule has 3 nitrogen and oxygen atoms in total. The molecule has 0 bridgehead atoms. The molecule has 1 rings (SSSR count). The maximum Gasteiger partial charge on any atom is 0.240 e. The van der Waals surface area contributed by atoms with Crippen LogP contribution in [0.4, 0.5) is 0 Å². The lowest BCUT2D eigenvalue weighted by Crippen LogP contribution is -2.55. The second kappa shape index (κ2) is 7.78. The maximum absolute atomic E-state index is 12.4. The Morgan fingerprint density at radius 2 is 2.11 bits per heavy atom. The quantitative estimate of drug-likeness (QED) is 0.654. The van der Waals surface area contributed by atoms with Gasteiger partial charge in [0.2, 0.25) is 5.91 Å². The normalized spacial score (nSPS) is 25.1. The highest BCUT2D eigenvalue weighted by Crippen LogP contribution is 2.25. The molecule has 0 aliphatic carbocycles. The Balaban J connectivity index is 2.41. The van der Waals surface area contributed by atoms with E-state index in [2.05, 4.69) is 31.4 Å². The Morgan fingerprint density at radius 3 is 2.67 bits per heavy atom. The Labute approximate surface area is 112 Å². The molecule has 0 saturated carbocycles. The van der Waals surface area contributed by atoms with Crippen LogP contribution in [0.15, 0.2) is 0 Å². The SMILES string of the molecule is CCCCCC(C)NC(=O)C1(CCC)CCCN1. The van der Waals surface area contributed by atoms with Crippen LogP contribution in [-0.2, 0) is 4.79 Å². The van der Waals surface area contributed by atoms with Gasteiger partial charge in [0.25, 0.3) is 0 Å². The molecule has 106 valence electrons. The lowest BCUT2D eigenvalue weighted by Gasteiger charge is -2.29. The molecule has 1 saturated heterocycles. The minimum atomic E-state index is -0.270. The largest absolute Gasteiger partial charge is 0.352 e. The van der Waals surface area contributed by atoms with E-state index in [4.69, 9.17) is 0 Å². The van der Waals surface area contributed by atoms with Gasteiger partial charge in [-0.05, 0) is 39.2 Å². The second-order valence-corrected chi connectivity index (χ2v) is 5.73. The second-order valence-electron chi connectivity index (χ2n) is 5.73. The first-order valence-electron chi connectivity index (χ1n) is 7.70. The Bertz CT molecular complexity index is 247. The van der Waals surface area contributed by atoms with Crippen LogP contribution in [0.3, 0.4) is 0 Å². The molecule has 3 heteroatoms. The molecule has 1 aliphatic rings. The minimum Gasteiger partial charge on any atom is -0.352 e. The van der Waals surface area contributed by atoms with E-state index < -0.39 is 0 Å². The number of amides is 1. The molecule has 1 fully saturated rings. The first-order chi connectivity index (χ1) is 8.64. The summed E-state index contributed by atoms with van der Waals surface area (Å²) in [5.74, 6) is 0.228. The summed E-state index contributed by atoms with van der Waals surface area (Å²) in [6.45, 7) is 7.47. The lowest BCUT2D eigenvalue weighted by atomic mass is 9.90. The molecule has 0 aromatic rings. The molecule has 0 aromatic heterocycles. The zero-order valence-electron chi connectivity index (χ0n) is 12.3. The van der Waals surface area contributed by atoms with Crippen LogP contribution < -0.4 is 10.6 Å². The summed E-state index contributed by atoms with van der Waals surface area (Å²) in [7, 11) is 0. The fourth-order valence-electron chi connectivity index (χ4n) is 2.89. The number of hydrogen-bond acceptors (Lipinski definition) is 2. The molecule has 2 unspecified atom stereocenters. The zero-order chi connectivity index (χ0) is 13.4. The van der Waals surface area contributed by atoms with Crippen molar-refractivity contribution in [1.82, 2.24) is 10.6 Å². The van der Waals surface area contributed by atoms with Crippen molar-refractivity contribution in [1.29, 1.82) is 0 Å². The highest BCUT2D eigenvalue weighted by molar-refractivity contribution is 5.86. The van der Waals surface area contributed by atoms with Crippen molar-refractivity contribution < 1.29 is 4.79 Å². The smallest absolute Gasteiger partial charge is 0.240 e. The molecule has 1 aliphatic heterocycles. The summed E-state index contributed by atoms with van der Waals surface area (Å²) in [5.41, 5.74) is -0.270. The molecule has 0 radical (unpaired) electrons. The summed E-state index contributed by atoms with van der Waals surface area (Å²) >= 11 is 0. The predicted octanol–water partition coefficient (Wildman–Crippen LogP) is 2.99. The highest BCUT2D eigenvalue weighted by Gasteiger charge is 2.40. The van der Waals surface area contributed by atoms with E-state index in [1.165, 1.54) is 19.3 Å². The molecule has 1 heterocycles. The first kappa shape index (κ1) is 15.5. The van der Waals surface area contributed by atoms with Gasteiger partial charge in [-0.1, -0.05) is 39.5 Å². The average molecular weight is 254 g/mol. The van der Waals surface area contributed by atoms with E-state index in [0.717, 1.165) is 38.6 Å². The van der Waals surface area contributed by atoms with Gasteiger partial charge >= 0.3 is 0 Å². The van der Waals surface area contributed by atoms with Crippen LogP contribution in [0.25, 0.3) is 0 Å². The summed E-state index contributed by atoms with van der Waals surface area (Å²) in [6, 6.07) is 0.306. The number of carbonyl (C=O) groups is 1. The Kier molecular flexibility index (Phi) is 6.69. The molecule has 1 amide bonds. The van der Waals surface area contributed by atoms with Crippen LogP contribution in [0.1, 0.15) is 72.1 Å². The van der Waals surface area contributed by atoms with Crippen molar-refractivity contribution in [2.75, 3.05) is 6.54 Å². The van der Waals surface area contributed by atoms with E-state index >= 15 is 0 Å². The van der Waals surface area contributed by atoms with Gasteiger partial charge in [-0.2, -0.15) is 0 Å². The van der Waals surface area contributed by atoms with Crippen molar-refractivity contribution >= 4 is 5.91 Å². The molecule has 0 spiro atoms. The summed E-state index contributed by atoms with van der Waals surface area (Å²) in [4.78, 5) is 12.4. The third-order valence-electron chi connectivity index (χ3n) is 3.97. The van der Waals surface area contributed by atoms with E-state index in [0.29, 0.717) is 6.04 Å². The van der Waals surface area contributed by atoms with Crippen molar-refractivity contribution in [2.24, 2.45) is 0 Å². The van der Waals surface area contributed by atoms with E-state index in [-0.39, 0.29) is 11.4 Å². The molecular formula is C15H30N2O. The molecular weight excluding hydrogens is 224 g/mol. The van der Waals surface area contributed by atoms with Gasteiger partial charge in [0.15, 0.2) is 0 Å². The number of nitrogens with one attached hydrogen (secondary N) is 2. The average Bonchev–Trinajstić information content (AvgIpc) is 2.80. The highest BCUT2D eigenvalue weighted by atomic mass is 16.2. The summed E-state index contributed by atoms with van der Waals surface area (Å²) < 4.78 is 0. The van der Waals surface area contributed by atoms with Gasteiger partial charge in [0.1, 0.15) is 0 Å². The van der Waals surface area contributed by atoms with Crippen LogP contribution in [-0.4, -0.2) is 24.0 Å². The van der Waals surface area contributed by atoms with E-state index in [9.17, 15) is 4.79 Å². The summed E-state index contributed by atoms with van der Waals surface area (Å²) in [6.07, 6.45) is 8.95. The Morgan fingerprint density at radius 1 is 1.33 bits per heavy atom.